The SMILES string of the molecule is CN(C(=O)Cc1cc(Cl)c(Cl)cc1[N+](=O)[O-])C(CN1CCCC1)c1ccccc1. The van der Waals surface area contributed by atoms with Crippen LogP contribution in [0.25, 0.3) is 0 Å². The van der Waals surface area contributed by atoms with Crippen LogP contribution in [0.5, 0.6) is 0 Å². The molecule has 1 heterocycles. The lowest BCUT2D eigenvalue weighted by Gasteiger charge is -2.32. The second-order valence-corrected chi connectivity index (χ2v) is 8.08. The molecular weight excluding hydrogens is 413 g/mol. The number of benzene rings is 2. The number of rotatable bonds is 7. The second-order valence-electron chi connectivity index (χ2n) is 7.27. The molecule has 0 bridgehead atoms. The van der Waals surface area contributed by atoms with E-state index >= 15 is 0 Å². The molecule has 3 rings (SSSR count). The number of halogens is 2. The predicted octanol–water partition coefficient (Wildman–Crippen LogP) is 4.74. The van der Waals surface area contributed by atoms with Crippen molar-refractivity contribution < 1.29 is 9.72 Å². The molecule has 2 aromatic rings. The Bertz CT molecular complexity index is 886. The maximum Gasteiger partial charge on any atom is 0.274 e. The van der Waals surface area contributed by atoms with Crippen LogP contribution >= 0.6 is 23.2 Å². The highest BCUT2D eigenvalue weighted by atomic mass is 35.5. The predicted molar refractivity (Wildman–Crippen MR) is 114 cm³/mol. The van der Waals surface area contributed by atoms with Gasteiger partial charge in [-0.1, -0.05) is 53.5 Å². The summed E-state index contributed by atoms with van der Waals surface area (Å²) >= 11 is 12.0. The van der Waals surface area contributed by atoms with E-state index < -0.39 is 4.92 Å². The van der Waals surface area contributed by atoms with Gasteiger partial charge in [-0.3, -0.25) is 14.9 Å². The Labute approximate surface area is 180 Å². The first-order valence-electron chi connectivity index (χ1n) is 9.52. The van der Waals surface area contributed by atoms with Crippen LogP contribution in [-0.4, -0.2) is 47.3 Å². The van der Waals surface area contributed by atoms with Crippen molar-refractivity contribution in [2.75, 3.05) is 26.7 Å². The van der Waals surface area contributed by atoms with Gasteiger partial charge in [-0.25, -0.2) is 0 Å². The summed E-state index contributed by atoms with van der Waals surface area (Å²) in [6.45, 7) is 2.77. The summed E-state index contributed by atoms with van der Waals surface area (Å²) in [6.07, 6.45) is 2.20. The van der Waals surface area contributed by atoms with Crippen LogP contribution in [0, 0.1) is 10.1 Å². The number of carbonyl (C=O) groups excluding carboxylic acids is 1. The molecule has 1 saturated heterocycles. The summed E-state index contributed by atoms with van der Waals surface area (Å²) < 4.78 is 0. The van der Waals surface area contributed by atoms with Gasteiger partial charge in [0.25, 0.3) is 5.69 Å². The summed E-state index contributed by atoms with van der Waals surface area (Å²) in [5.74, 6) is -0.209. The Balaban J connectivity index is 1.84. The van der Waals surface area contributed by atoms with Crippen LogP contribution < -0.4 is 0 Å². The van der Waals surface area contributed by atoms with Crippen molar-refractivity contribution in [1.82, 2.24) is 9.80 Å². The molecule has 1 fully saturated rings. The molecule has 154 valence electrons. The van der Waals surface area contributed by atoms with Crippen LogP contribution in [0.15, 0.2) is 42.5 Å². The lowest BCUT2D eigenvalue weighted by atomic mass is 10.0. The quantitative estimate of drug-likeness (QED) is 0.465. The van der Waals surface area contributed by atoms with E-state index in [0.29, 0.717) is 0 Å². The summed E-state index contributed by atoms with van der Waals surface area (Å²) in [4.78, 5) is 28.0. The van der Waals surface area contributed by atoms with E-state index in [1.165, 1.54) is 12.1 Å². The molecule has 1 amide bonds. The Kier molecular flexibility index (Phi) is 7.11. The first-order valence-corrected chi connectivity index (χ1v) is 10.3. The standard InChI is InChI=1S/C21H23Cl2N3O3/c1-24(20(14-25-9-5-6-10-25)15-7-3-2-4-8-15)21(27)12-16-11-17(22)18(23)13-19(16)26(28)29/h2-4,7-8,11,13,20H,5-6,9-10,12,14H2,1H3. The fourth-order valence-corrected chi connectivity index (χ4v) is 4.03. The average molecular weight is 436 g/mol. The molecular formula is C21H23Cl2N3O3. The number of likely N-dealkylation sites (N-methyl/N-ethyl adjacent to an activating group) is 1. The van der Waals surface area contributed by atoms with Gasteiger partial charge in [-0.15, -0.1) is 0 Å². The van der Waals surface area contributed by atoms with Crippen LogP contribution in [0.1, 0.15) is 30.0 Å². The normalized spacial score (nSPS) is 15.3. The van der Waals surface area contributed by atoms with Gasteiger partial charge in [0.2, 0.25) is 5.91 Å². The van der Waals surface area contributed by atoms with Crippen LogP contribution in [0.3, 0.4) is 0 Å². The first-order chi connectivity index (χ1) is 13.9. The van der Waals surface area contributed by atoms with E-state index in [9.17, 15) is 14.9 Å². The molecule has 29 heavy (non-hydrogen) atoms. The van der Waals surface area contributed by atoms with Crippen molar-refractivity contribution in [3.05, 3.63) is 73.8 Å². The van der Waals surface area contributed by atoms with E-state index in [2.05, 4.69) is 4.90 Å². The van der Waals surface area contributed by atoms with Crippen molar-refractivity contribution in [2.24, 2.45) is 0 Å². The Hall–Kier alpha value is -2.15. The fourth-order valence-electron chi connectivity index (χ4n) is 3.69. The molecule has 6 nitrogen and oxygen atoms in total. The van der Waals surface area contributed by atoms with E-state index in [1.54, 1.807) is 11.9 Å². The lowest BCUT2D eigenvalue weighted by molar-refractivity contribution is -0.385. The highest BCUT2D eigenvalue weighted by molar-refractivity contribution is 6.42. The third-order valence-corrected chi connectivity index (χ3v) is 6.06. The van der Waals surface area contributed by atoms with Crippen LogP contribution in [0.4, 0.5) is 5.69 Å². The summed E-state index contributed by atoms with van der Waals surface area (Å²) in [6, 6.07) is 12.3. The third kappa shape index (κ3) is 5.26. The summed E-state index contributed by atoms with van der Waals surface area (Å²) in [5, 5.41) is 11.7. The van der Waals surface area contributed by atoms with Gasteiger partial charge in [0.1, 0.15) is 0 Å². The number of likely N-dealkylation sites (tertiary alicyclic amines) is 1. The topological polar surface area (TPSA) is 66.7 Å². The zero-order chi connectivity index (χ0) is 21.0. The molecule has 0 aromatic heterocycles. The number of hydrogen-bond acceptors (Lipinski definition) is 4. The molecule has 1 aliphatic rings. The fraction of sp³-hybridized carbons (Fsp3) is 0.381. The van der Waals surface area contributed by atoms with Gasteiger partial charge in [0.05, 0.1) is 27.4 Å². The van der Waals surface area contributed by atoms with Crippen molar-refractivity contribution in [1.29, 1.82) is 0 Å². The second kappa shape index (κ2) is 9.57. The summed E-state index contributed by atoms with van der Waals surface area (Å²) in [5.41, 5.74) is 1.10. The van der Waals surface area contributed by atoms with Crippen molar-refractivity contribution in [3.63, 3.8) is 0 Å². The number of carbonyl (C=O) groups is 1. The Morgan fingerprint density at radius 1 is 1.17 bits per heavy atom. The van der Waals surface area contributed by atoms with Gasteiger partial charge < -0.3 is 9.80 Å². The van der Waals surface area contributed by atoms with Crippen LogP contribution in [-0.2, 0) is 11.2 Å². The minimum Gasteiger partial charge on any atom is -0.337 e. The molecule has 0 spiro atoms. The number of amides is 1. The smallest absolute Gasteiger partial charge is 0.274 e. The van der Waals surface area contributed by atoms with Crippen LogP contribution in [0.2, 0.25) is 10.0 Å². The monoisotopic (exact) mass is 435 g/mol. The molecule has 0 aliphatic carbocycles. The molecule has 0 saturated carbocycles. The van der Waals surface area contributed by atoms with E-state index in [1.807, 2.05) is 30.3 Å². The van der Waals surface area contributed by atoms with E-state index in [0.717, 1.165) is 38.0 Å². The molecule has 1 atom stereocenters. The molecule has 8 heteroatoms. The van der Waals surface area contributed by atoms with Crippen molar-refractivity contribution >= 4 is 34.8 Å². The Morgan fingerprint density at radius 2 is 1.79 bits per heavy atom. The summed E-state index contributed by atoms with van der Waals surface area (Å²) in [7, 11) is 1.75. The first kappa shape index (κ1) is 21.6. The zero-order valence-corrected chi connectivity index (χ0v) is 17.7. The number of nitro benzene ring substituents is 1. The maximum atomic E-state index is 13.1. The highest BCUT2D eigenvalue weighted by Gasteiger charge is 2.27. The number of nitro groups is 1. The number of nitrogens with zero attached hydrogens (tertiary/aromatic N) is 3. The highest BCUT2D eigenvalue weighted by Crippen LogP contribution is 2.32. The third-order valence-electron chi connectivity index (χ3n) is 5.33. The van der Waals surface area contributed by atoms with Crippen molar-refractivity contribution in [3.8, 4) is 0 Å². The Morgan fingerprint density at radius 3 is 2.41 bits per heavy atom. The van der Waals surface area contributed by atoms with E-state index in [-0.39, 0.29) is 39.7 Å². The largest absolute Gasteiger partial charge is 0.337 e. The molecule has 0 N–H and O–H groups in total. The number of hydrogen-bond donors (Lipinski definition) is 0. The van der Waals surface area contributed by atoms with Crippen molar-refractivity contribution in [2.45, 2.75) is 25.3 Å². The molecule has 1 aliphatic heterocycles. The molecule has 2 aromatic carbocycles. The molecule has 1 unspecified atom stereocenters. The van der Waals surface area contributed by atoms with Gasteiger partial charge in [-0.2, -0.15) is 0 Å². The van der Waals surface area contributed by atoms with E-state index in [4.69, 9.17) is 23.2 Å². The van der Waals surface area contributed by atoms with Gasteiger partial charge in [0.15, 0.2) is 0 Å². The minimum atomic E-state index is -0.538. The lowest BCUT2D eigenvalue weighted by Crippen LogP contribution is -2.39. The van der Waals surface area contributed by atoms with Gasteiger partial charge >= 0.3 is 0 Å². The molecule has 0 radical (unpaired) electrons. The minimum absolute atomic E-state index is 0.0964. The average Bonchev–Trinajstić information content (AvgIpc) is 3.22. The van der Waals surface area contributed by atoms with Gasteiger partial charge in [0, 0.05) is 25.2 Å². The zero-order valence-electron chi connectivity index (χ0n) is 16.2. The maximum absolute atomic E-state index is 13.1. The van der Waals surface area contributed by atoms with Gasteiger partial charge in [-0.05, 0) is 37.6 Å².